The van der Waals surface area contributed by atoms with Gasteiger partial charge >= 0.3 is 7.12 Å². The highest BCUT2D eigenvalue weighted by Gasteiger charge is 2.53. The molecule has 2 atom stereocenters. The minimum Gasteiger partial charge on any atom is -0.399 e. The summed E-state index contributed by atoms with van der Waals surface area (Å²) in [5, 5.41) is 10.5. The standard InChI is InChI=1S/C48H31N3.C39H33BO2.C15H10ClN3/c1-4-16-32(17-5-1)45-49-46(33-18-6-2-7-19-33)51-47(50-45)34-28-30-36(31-29-34)48(35-20-8-3-9-21-35)42-27-15-14-26-41(42)43-39-24-12-10-22-37(39)38-23-11-13-25-40(38)44(43)48;1-37(2)38(3,4)42-40(41-37)28-24-22-27(23-25-28)39(26-14-6-5-7-15-26)34-21-13-12-20-33(34)35-31-18-10-8-16-29(31)30-17-9-11-19-32(30)36(35)39;16-15-18-13(11-7-3-1-4-8-11)17-14(19-15)12-9-5-2-6-10-12/h1-31H;5-25H,1-4H3;1-10H. The zero-order chi connectivity index (χ0) is 75.6. The van der Waals surface area contributed by atoms with Gasteiger partial charge in [-0.05, 0) is 155 Å². The van der Waals surface area contributed by atoms with Crippen molar-refractivity contribution in [3.63, 3.8) is 0 Å². The second-order valence-electron chi connectivity index (χ2n) is 29.8. The van der Waals surface area contributed by atoms with Crippen LogP contribution < -0.4 is 5.46 Å². The van der Waals surface area contributed by atoms with Crippen LogP contribution in [-0.2, 0) is 20.1 Å². The highest BCUT2D eigenvalue weighted by atomic mass is 35.5. The molecule has 1 fully saturated rings. The van der Waals surface area contributed by atoms with Crippen LogP contribution in [-0.4, -0.2) is 48.2 Å². The number of hydrogen-bond acceptors (Lipinski definition) is 8. The maximum Gasteiger partial charge on any atom is 0.494 e. The molecule has 2 aliphatic carbocycles. The van der Waals surface area contributed by atoms with E-state index < -0.39 is 17.9 Å². The van der Waals surface area contributed by atoms with E-state index in [1.807, 2.05) is 121 Å². The summed E-state index contributed by atoms with van der Waals surface area (Å²) in [5.74, 6) is 3.12. The van der Waals surface area contributed by atoms with Crippen LogP contribution in [0.4, 0.5) is 0 Å². The number of rotatable bonds is 10. The molecule has 3 aliphatic rings. The van der Waals surface area contributed by atoms with Crippen LogP contribution in [0.15, 0.2) is 376 Å². The summed E-state index contributed by atoms with van der Waals surface area (Å²) in [6.07, 6.45) is 0. The average Bonchev–Trinajstić information content (AvgIpc) is 1.52. The summed E-state index contributed by atoms with van der Waals surface area (Å²) >= 11 is 5.99. The highest BCUT2D eigenvalue weighted by molar-refractivity contribution is 6.62. The molecule has 10 heteroatoms. The van der Waals surface area contributed by atoms with Gasteiger partial charge in [-0.1, -0.05) is 376 Å². The van der Waals surface area contributed by atoms with Crippen LogP contribution >= 0.6 is 11.6 Å². The fraction of sp³-hybridized carbons (Fsp3) is 0.0784. The molecule has 3 heterocycles. The molecular weight excluding hydrogens is 1390 g/mol. The molecule has 112 heavy (non-hydrogen) atoms. The number of nitrogens with zero attached hydrogens (tertiary/aromatic N) is 6. The first-order chi connectivity index (χ1) is 55.0. The summed E-state index contributed by atoms with van der Waals surface area (Å²) in [6, 6.07) is 133. The molecule has 21 rings (SSSR count). The fourth-order valence-corrected chi connectivity index (χ4v) is 17.5. The molecule has 0 spiro atoms. The largest absolute Gasteiger partial charge is 0.494 e. The Bertz CT molecular complexity index is 6450. The van der Waals surface area contributed by atoms with Gasteiger partial charge in [0.15, 0.2) is 29.1 Å². The second kappa shape index (κ2) is 28.4. The molecule has 16 aromatic carbocycles. The van der Waals surface area contributed by atoms with Crippen molar-refractivity contribution in [1.29, 1.82) is 0 Å². The van der Waals surface area contributed by atoms with Crippen LogP contribution in [0.5, 0.6) is 0 Å². The summed E-state index contributed by atoms with van der Waals surface area (Å²) in [4.78, 5) is 27.8. The van der Waals surface area contributed by atoms with Crippen LogP contribution in [0.1, 0.15) is 72.2 Å². The molecule has 0 N–H and O–H groups in total. The Morgan fingerprint density at radius 3 is 0.839 bits per heavy atom. The predicted molar refractivity (Wildman–Crippen MR) is 459 cm³/mol. The van der Waals surface area contributed by atoms with E-state index in [2.05, 4.69) is 297 Å². The van der Waals surface area contributed by atoms with E-state index in [4.69, 9.17) is 35.9 Å². The Labute approximate surface area is 657 Å². The number of fused-ring (bicyclic) bond motifs is 16. The molecule has 2 unspecified atom stereocenters. The average molecular weight is 1460 g/mol. The topological polar surface area (TPSA) is 95.8 Å². The van der Waals surface area contributed by atoms with Crippen LogP contribution in [0, 0.1) is 0 Å². The summed E-state index contributed by atoms with van der Waals surface area (Å²) in [6.45, 7) is 8.42. The third-order valence-electron chi connectivity index (χ3n) is 23.0. The van der Waals surface area contributed by atoms with Crippen LogP contribution in [0.3, 0.4) is 0 Å². The van der Waals surface area contributed by atoms with Crippen molar-refractivity contribution in [2.45, 2.75) is 49.7 Å². The molecule has 2 aromatic heterocycles. The van der Waals surface area contributed by atoms with E-state index in [0.717, 1.165) is 33.3 Å². The van der Waals surface area contributed by atoms with E-state index in [1.165, 1.54) is 110 Å². The Balaban J connectivity index is 0.000000124. The smallest absolute Gasteiger partial charge is 0.399 e. The van der Waals surface area contributed by atoms with Gasteiger partial charge in [-0.25, -0.2) is 19.9 Å². The van der Waals surface area contributed by atoms with Gasteiger partial charge in [0, 0.05) is 27.8 Å². The first kappa shape index (κ1) is 69.3. The third kappa shape index (κ3) is 11.7. The molecule has 0 amide bonds. The number of hydrogen-bond donors (Lipinski definition) is 0. The number of aromatic nitrogens is 6. The molecule has 534 valence electrons. The van der Waals surface area contributed by atoms with Crippen LogP contribution in [0.2, 0.25) is 5.28 Å². The molecule has 0 bridgehead atoms. The van der Waals surface area contributed by atoms with Crippen molar-refractivity contribution in [3.05, 3.63) is 426 Å². The monoisotopic (exact) mass is 1460 g/mol. The van der Waals surface area contributed by atoms with Crippen molar-refractivity contribution in [2.24, 2.45) is 0 Å². The van der Waals surface area contributed by atoms with Crippen molar-refractivity contribution >= 4 is 67.3 Å². The Kier molecular flexibility index (Phi) is 17.6. The Hall–Kier alpha value is -13.1. The predicted octanol–water partition coefficient (Wildman–Crippen LogP) is 24.1. The maximum absolute atomic E-state index is 6.42. The molecule has 0 radical (unpaired) electrons. The molecule has 8 nitrogen and oxygen atoms in total. The van der Waals surface area contributed by atoms with E-state index in [9.17, 15) is 0 Å². The number of benzene rings is 16. The van der Waals surface area contributed by atoms with Gasteiger partial charge in [0.25, 0.3) is 0 Å². The van der Waals surface area contributed by atoms with Gasteiger partial charge in [0.05, 0.1) is 22.0 Å². The van der Waals surface area contributed by atoms with E-state index in [-0.39, 0.29) is 16.5 Å². The quantitative estimate of drug-likeness (QED) is 0.0987. The third-order valence-corrected chi connectivity index (χ3v) is 23.2. The molecule has 1 aliphatic heterocycles. The lowest BCUT2D eigenvalue weighted by molar-refractivity contribution is 0.00578. The van der Waals surface area contributed by atoms with Crippen molar-refractivity contribution in [1.82, 2.24) is 29.9 Å². The van der Waals surface area contributed by atoms with Crippen LogP contribution in [0.25, 0.3) is 122 Å². The van der Waals surface area contributed by atoms with E-state index >= 15 is 0 Å². The minimum absolute atomic E-state index is 0.202. The second-order valence-corrected chi connectivity index (χ2v) is 30.2. The SMILES string of the molecule is CC1(C)OB(c2ccc(C3(c4ccccc4)c4ccccc4-c4c3c3ccccc3c3ccccc43)cc2)OC1(C)C.Clc1nc(-c2ccccc2)nc(-c2ccccc2)n1.c1ccc(-c2nc(-c3ccccc3)nc(-c3ccc(C4(c5ccccc5)c5ccccc5-c5c4c4ccccc4c4ccccc54)cc3)n2)cc1. The van der Waals surface area contributed by atoms with Gasteiger partial charge in [-0.2, -0.15) is 9.97 Å². The fourth-order valence-electron chi connectivity index (χ4n) is 17.3. The number of halogens is 1. The minimum atomic E-state index is -0.557. The van der Waals surface area contributed by atoms with Gasteiger partial charge in [0.2, 0.25) is 5.28 Å². The Morgan fingerprint density at radius 2 is 0.491 bits per heavy atom. The lowest BCUT2D eigenvalue weighted by Gasteiger charge is -2.35. The first-order valence-corrected chi connectivity index (χ1v) is 38.5. The van der Waals surface area contributed by atoms with Gasteiger partial charge in [-0.15, -0.1) is 0 Å². The maximum atomic E-state index is 6.42. The van der Waals surface area contributed by atoms with Gasteiger partial charge in [0.1, 0.15) is 0 Å². The lowest BCUT2D eigenvalue weighted by Crippen LogP contribution is -2.41. The van der Waals surface area contributed by atoms with E-state index in [0.29, 0.717) is 29.1 Å². The lowest BCUT2D eigenvalue weighted by atomic mass is 9.65. The zero-order valence-corrected chi connectivity index (χ0v) is 63.0. The summed E-state index contributed by atoms with van der Waals surface area (Å²) in [5.41, 5.74) is 19.4. The van der Waals surface area contributed by atoms with Crippen molar-refractivity contribution in [3.8, 4) is 79.2 Å². The zero-order valence-electron chi connectivity index (χ0n) is 62.3. The van der Waals surface area contributed by atoms with Crippen molar-refractivity contribution in [2.75, 3.05) is 0 Å². The normalized spacial score (nSPS) is 16.0. The molecule has 0 saturated carbocycles. The first-order valence-electron chi connectivity index (χ1n) is 38.1. The molecular formula is C102H74BClN6O2. The Morgan fingerprint density at radius 1 is 0.241 bits per heavy atom. The highest BCUT2D eigenvalue weighted by Crippen LogP contribution is 2.62. The summed E-state index contributed by atoms with van der Waals surface area (Å²) < 4.78 is 12.8. The molecule has 1 saturated heterocycles. The summed E-state index contributed by atoms with van der Waals surface area (Å²) in [7, 11) is -0.398. The van der Waals surface area contributed by atoms with Gasteiger partial charge < -0.3 is 9.31 Å². The molecule has 18 aromatic rings. The van der Waals surface area contributed by atoms with Crippen molar-refractivity contribution < 1.29 is 9.31 Å². The van der Waals surface area contributed by atoms with E-state index in [1.54, 1.807) is 0 Å². The van der Waals surface area contributed by atoms with Gasteiger partial charge in [-0.3, -0.25) is 0 Å².